The van der Waals surface area contributed by atoms with Crippen molar-refractivity contribution in [1.29, 1.82) is 0 Å². The zero-order chi connectivity index (χ0) is 11.7. The van der Waals surface area contributed by atoms with Crippen LogP contribution in [-0.2, 0) is 7.05 Å². The first-order valence-electron chi connectivity index (χ1n) is 5.51. The Morgan fingerprint density at radius 1 is 1.75 bits per heavy atom. The van der Waals surface area contributed by atoms with Crippen molar-refractivity contribution in [1.82, 2.24) is 15.1 Å². The minimum absolute atomic E-state index is 0.0480. The van der Waals surface area contributed by atoms with E-state index in [9.17, 15) is 4.79 Å². The Morgan fingerprint density at radius 2 is 2.44 bits per heavy atom. The van der Waals surface area contributed by atoms with Crippen LogP contribution in [0.1, 0.15) is 29.0 Å². The van der Waals surface area contributed by atoms with E-state index in [2.05, 4.69) is 26.3 Å². The van der Waals surface area contributed by atoms with Crippen molar-refractivity contribution >= 4 is 21.8 Å². The number of carbonyl (C=O) groups is 1. The predicted octanol–water partition coefficient (Wildman–Crippen LogP) is 1.63. The predicted molar refractivity (Wildman–Crippen MR) is 65.7 cm³/mol. The van der Waals surface area contributed by atoms with Gasteiger partial charge in [-0.3, -0.25) is 9.48 Å². The van der Waals surface area contributed by atoms with E-state index in [-0.39, 0.29) is 5.91 Å². The minimum Gasteiger partial charge on any atom is -0.350 e. The fourth-order valence-electron chi connectivity index (χ4n) is 1.73. The largest absolute Gasteiger partial charge is 0.350 e. The molecular weight excluding hydrogens is 270 g/mol. The van der Waals surface area contributed by atoms with Crippen LogP contribution >= 0.6 is 15.9 Å². The Hall–Kier alpha value is -0.840. The maximum absolute atomic E-state index is 11.8. The molecule has 1 unspecified atom stereocenters. The van der Waals surface area contributed by atoms with Gasteiger partial charge in [0.1, 0.15) is 5.69 Å². The van der Waals surface area contributed by atoms with Crippen LogP contribution in [0.15, 0.2) is 6.07 Å². The first-order valence-corrected chi connectivity index (χ1v) is 6.42. The summed E-state index contributed by atoms with van der Waals surface area (Å²) in [7, 11) is 1.79. The van der Waals surface area contributed by atoms with Crippen molar-refractivity contribution in [3.63, 3.8) is 0 Å². The number of halogens is 1. The monoisotopic (exact) mass is 285 g/mol. The van der Waals surface area contributed by atoms with Crippen molar-refractivity contribution in [2.24, 2.45) is 13.0 Å². The third-order valence-electron chi connectivity index (χ3n) is 2.83. The van der Waals surface area contributed by atoms with Crippen LogP contribution in [0, 0.1) is 12.8 Å². The fraction of sp³-hybridized carbons (Fsp3) is 0.636. The van der Waals surface area contributed by atoms with E-state index in [4.69, 9.17) is 0 Å². The van der Waals surface area contributed by atoms with Crippen LogP contribution in [0.4, 0.5) is 0 Å². The van der Waals surface area contributed by atoms with Crippen LogP contribution in [0.25, 0.3) is 0 Å². The molecule has 1 heterocycles. The summed E-state index contributed by atoms with van der Waals surface area (Å²) in [6.45, 7) is 2.57. The van der Waals surface area contributed by atoms with E-state index in [1.807, 2.05) is 6.92 Å². The topological polar surface area (TPSA) is 46.9 Å². The molecule has 16 heavy (non-hydrogen) atoms. The van der Waals surface area contributed by atoms with Gasteiger partial charge in [0.2, 0.25) is 0 Å². The highest BCUT2D eigenvalue weighted by Gasteiger charge is 2.29. The Balaban J connectivity index is 1.89. The lowest BCUT2D eigenvalue weighted by Crippen LogP contribution is -2.31. The maximum Gasteiger partial charge on any atom is 0.269 e. The first kappa shape index (κ1) is 11.6. The molecule has 0 aliphatic heterocycles. The summed E-state index contributed by atoms with van der Waals surface area (Å²) in [6, 6.07) is 1.80. The first-order chi connectivity index (χ1) is 7.58. The summed E-state index contributed by atoms with van der Waals surface area (Å²) in [6.07, 6.45) is 2.55. The third kappa shape index (κ3) is 2.64. The summed E-state index contributed by atoms with van der Waals surface area (Å²) in [4.78, 5) is 12.2. The summed E-state index contributed by atoms with van der Waals surface area (Å²) in [5.41, 5.74) is 1.48. The molecule has 4 nitrogen and oxygen atoms in total. The van der Waals surface area contributed by atoms with E-state index < -0.39 is 0 Å². The number of hydrogen-bond donors (Lipinski definition) is 1. The highest BCUT2D eigenvalue weighted by molar-refractivity contribution is 9.09. The zero-order valence-corrected chi connectivity index (χ0v) is 11.1. The molecule has 1 aliphatic rings. The van der Waals surface area contributed by atoms with E-state index >= 15 is 0 Å². The molecule has 0 aromatic carbocycles. The summed E-state index contributed by atoms with van der Waals surface area (Å²) in [5, 5.41) is 7.08. The molecule has 2 rings (SSSR count). The molecule has 1 fully saturated rings. The van der Waals surface area contributed by atoms with Crippen molar-refractivity contribution in [2.75, 3.05) is 6.54 Å². The summed E-state index contributed by atoms with van der Waals surface area (Å²) < 4.78 is 1.62. The van der Waals surface area contributed by atoms with Gasteiger partial charge in [-0.2, -0.15) is 5.10 Å². The standard InChI is InChI=1S/C11H16BrN3O/c1-7-5-10(15(2)14-7)11(16)13-6-9(12)8-3-4-8/h5,8-9H,3-4,6H2,1-2H3,(H,13,16). The molecule has 0 bridgehead atoms. The maximum atomic E-state index is 11.8. The molecule has 1 N–H and O–H groups in total. The van der Waals surface area contributed by atoms with Gasteiger partial charge in [-0.05, 0) is 31.7 Å². The van der Waals surface area contributed by atoms with E-state index in [1.54, 1.807) is 17.8 Å². The summed E-state index contributed by atoms with van der Waals surface area (Å²) in [5.74, 6) is 0.696. The van der Waals surface area contributed by atoms with Crippen molar-refractivity contribution in [3.05, 3.63) is 17.5 Å². The quantitative estimate of drug-likeness (QED) is 0.855. The second-order valence-electron chi connectivity index (χ2n) is 4.36. The lowest BCUT2D eigenvalue weighted by molar-refractivity contribution is 0.0944. The van der Waals surface area contributed by atoms with Crippen LogP contribution < -0.4 is 5.32 Å². The van der Waals surface area contributed by atoms with Crippen LogP contribution in [0.2, 0.25) is 0 Å². The van der Waals surface area contributed by atoms with E-state index in [1.165, 1.54) is 12.8 Å². The Morgan fingerprint density at radius 3 is 2.94 bits per heavy atom. The van der Waals surface area contributed by atoms with Gasteiger partial charge in [-0.25, -0.2) is 0 Å². The van der Waals surface area contributed by atoms with Crippen LogP contribution in [-0.4, -0.2) is 27.1 Å². The second kappa shape index (κ2) is 4.57. The van der Waals surface area contributed by atoms with Gasteiger partial charge >= 0.3 is 0 Å². The molecule has 1 atom stereocenters. The molecule has 1 aliphatic carbocycles. The van der Waals surface area contributed by atoms with Crippen LogP contribution in [0.5, 0.6) is 0 Å². The van der Waals surface area contributed by atoms with E-state index in [0.717, 1.165) is 11.6 Å². The highest BCUT2D eigenvalue weighted by atomic mass is 79.9. The molecule has 1 aromatic heterocycles. The van der Waals surface area contributed by atoms with Gasteiger partial charge in [0.15, 0.2) is 0 Å². The molecule has 0 radical (unpaired) electrons. The Bertz CT molecular complexity index is 398. The van der Waals surface area contributed by atoms with Crippen molar-refractivity contribution in [3.8, 4) is 0 Å². The zero-order valence-electron chi connectivity index (χ0n) is 9.53. The van der Waals surface area contributed by atoms with Crippen molar-refractivity contribution in [2.45, 2.75) is 24.6 Å². The third-order valence-corrected chi connectivity index (χ3v) is 3.90. The van der Waals surface area contributed by atoms with Gasteiger partial charge in [0.25, 0.3) is 5.91 Å². The number of nitrogens with one attached hydrogen (secondary N) is 1. The van der Waals surface area contributed by atoms with Crippen LogP contribution in [0.3, 0.4) is 0 Å². The number of hydrogen-bond acceptors (Lipinski definition) is 2. The normalized spacial score (nSPS) is 17.2. The smallest absolute Gasteiger partial charge is 0.269 e. The number of aromatic nitrogens is 2. The van der Waals surface area contributed by atoms with Gasteiger partial charge in [0.05, 0.1) is 5.69 Å². The average Bonchev–Trinajstić information content (AvgIpc) is 3.01. The molecular formula is C11H16BrN3O. The molecule has 88 valence electrons. The number of aryl methyl sites for hydroxylation is 2. The highest BCUT2D eigenvalue weighted by Crippen LogP contribution is 2.36. The minimum atomic E-state index is -0.0480. The molecule has 1 saturated carbocycles. The lowest BCUT2D eigenvalue weighted by Gasteiger charge is -2.09. The van der Waals surface area contributed by atoms with Gasteiger partial charge in [0, 0.05) is 18.4 Å². The molecule has 0 spiro atoms. The average molecular weight is 286 g/mol. The molecule has 0 saturated heterocycles. The lowest BCUT2D eigenvalue weighted by atomic mass is 10.3. The number of alkyl halides is 1. The number of carbonyl (C=O) groups excluding carboxylic acids is 1. The van der Waals surface area contributed by atoms with Gasteiger partial charge < -0.3 is 5.32 Å². The molecule has 5 heteroatoms. The number of rotatable bonds is 4. The summed E-state index contributed by atoms with van der Waals surface area (Å²) >= 11 is 3.59. The second-order valence-corrected chi connectivity index (χ2v) is 5.53. The molecule has 1 amide bonds. The number of nitrogens with zero attached hydrogens (tertiary/aromatic N) is 2. The van der Waals surface area contributed by atoms with Gasteiger partial charge in [-0.1, -0.05) is 15.9 Å². The van der Waals surface area contributed by atoms with Gasteiger partial charge in [-0.15, -0.1) is 0 Å². The Labute approximate surface area is 104 Å². The Kier molecular flexibility index (Phi) is 3.33. The number of amides is 1. The van der Waals surface area contributed by atoms with Crippen molar-refractivity contribution < 1.29 is 4.79 Å². The molecule has 1 aromatic rings. The van der Waals surface area contributed by atoms with E-state index in [0.29, 0.717) is 17.1 Å². The fourth-order valence-corrected chi connectivity index (χ4v) is 2.42. The SMILES string of the molecule is Cc1cc(C(=O)NCC(Br)C2CC2)n(C)n1.